The Morgan fingerprint density at radius 2 is 2.03 bits per heavy atom. The largest absolute Gasteiger partial charge is 0.506 e. The number of aryl methyl sites for hydroxylation is 1. The van der Waals surface area contributed by atoms with Gasteiger partial charge in [0.05, 0.1) is 21.1 Å². The highest BCUT2D eigenvalue weighted by Gasteiger charge is 2.15. The van der Waals surface area contributed by atoms with Crippen molar-refractivity contribution in [3.05, 3.63) is 76.0 Å². The molecule has 0 radical (unpaired) electrons. The number of nitrogens with zero attached hydrogens (tertiary/aromatic N) is 2. The number of halogens is 1. The average molecular weight is 507 g/mol. The summed E-state index contributed by atoms with van der Waals surface area (Å²) >= 11 is 3.40. The van der Waals surface area contributed by atoms with Gasteiger partial charge in [-0.15, -0.1) is 0 Å². The summed E-state index contributed by atoms with van der Waals surface area (Å²) in [6, 6.07) is 14.6. The molecule has 0 atom stereocenters. The second kappa shape index (κ2) is 9.83. The van der Waals surface area contributed by atoms with Gasteiger partial charge in [-0.3, -0.25) is 15.2 Å². The minimum Gasteiger partial charge on any atom is -0.506 e. The number of nitrogens with two attached hydrogens (primary N) is 1. The van der Waals surface area contributed by atoms with Crippen molar-refractivity contribution in [3.8, 4) is 17.1 Å². The van der Waals surface area contributed by atoms with Crippen LogP contribution in [0.1, 0.15) is 23.2 Å². The molecule has 2 aromatic heterocycles. The molecule has 0 bridgehead atoms. The maximum absolute atomic E-state index is 12.3. The summed E-state index contributed by atoms with van der Waals surface area (Å²) < 4.78 is 0.524. The van der Waals surface area contributed by atoms with Crippen molar-refractivity contribution >= 4 is 38.7 Å². The van der Waals surface area contributed by atoms with Crippen LogP contribution in [-0.2, 0) is 17.6 Å². The van der Waals surface area contributed by atoms with Crippen molar-refractivity contribution in [2.75, 3.05) is 6.54 Å². The molecule has 0 aliphatic carbocycles. The monoisotopic (exact) mass is 506 g/mol. The molecule has 8 nitrogen and oxygen atoms in total. The van der Waals surface area contributed by atoms with E-state index < -0.39 is 0 Å². The maximum Gasteiger partial charge on any atom is 0.220 e. The van der Waals surface area contributed by atoms with Crippen LogP contribution in [0.3, 0.4) is 0 Å². The fourth-order valence-corrected chi connectivity index (χ4v) is 4.01. The van der Waals surface area contributed by atoms with Crippen molar-refractivity contribution in [3.63, 3.8) is 0 Å². The van der Waals surface area contributed by atoms with Gasteiger partial charge in [0.2, 0.25) is 5.91 Å². The number of rotatable bonds is 8. The van der Waals surface area contributed by atoms with Crippen molar-refractivity contribution in [2.45, 2.75) is 19.3 Å². The van der Waals surface area contributed by atoms with Crippen molar-refractivity contribution in [1.29, 1.82) is 5.41 Å². The van der Waals surface area contributed by atoms with Crippen LogP contribution in [0.2, 0.25) is 0 Å². The Labute approximate surface area is 198 Å². The molecular formula is C24H23BrN6O2. The van der Waals surface area contributed by atoms with Crippen LogP contribution in [0, 0.1) is 5.41 Å². The van der Waals surface area contributed by atoms with Crippen LogP contribution in [-0.4, -0.2) is 38.3 Å². The van der Waals surface area contributed by atoms with E-state index in [2.05, 4.69) is 36.2 Å². The number of carbonyl (C=O) groups excluding carboxylic acids is 1. The molecule has 2 heterocycles. The Bertz CT molecular complexity index is 1320. The van der Waals surface area contributed by atoms with Crippen LogP contribution in [0.5, 0.6) is 5.75 Å². The molecule has 168 valence electrons. The summed E-state index contributed by atoms with van der Waals surface area (Å²) in [5, 5.41) is 21.1. The van der Waals surface area contributed by atoms with E-state index in [0.29, 0.717) is 58.3 Å². The van der Waals surface area contributed by atoms with Crippen molar-refractivity contribution < 1.29 is 9.90 Å². The molecule has 0 saturated carbocycles. The Balaban J connectivity index is 1.45. The van der Waals surface area contributed by atoms with E-state index >= 15 is 0 Å². The lowest BCUT2D eigenvalue weighted by atomic mass is 10.0. The number of aromatic amines is 1. The first-order valence-electron chi connectivity index (χ1n) is 10.4. The molecule has 33 heavy (non-hydrogen) atoms. The first-order chi connectivity index (χ1) is 15.9. The fraction of sp³-hybridized carbons (Fsp3) is 0.167. The number of amidine groups is 1. The molecule has 0 aliphatic rings. The van der Waals surface area contributed by atoms with Gasteiger partial charge in [0.25, 0.3) is 0 Å². The highest BCUT2D eigenvalue weighted by Crippen LogP contribution is 2.36. The Kier molecular flexibility index (Phi) is 6.69. The molecule has 0 fully saturated rings. The zero-order valence-corrected chi connectivity index (χ0v) is 19.3. The SMILES string of the molecule is N=C(N)c1ccc2nc(-c3cc(CCC(=O)NCCc4ccccn4)cc(Br)c3O)[nH]c2c1. The van der Waals surface area contributed by atoms with Crippen LogP contribution in [0.25, 0.3) is 22.4 Å². The second-order valence-corrected chi connectivity index (χ2v) is 8.48. The van der Waals surface area contributed by atoms with Gasteiger partial charge < -0.3 is 21.1 Å². The molecule has 2 aromatic carbocycles. The Hall–Kier alpha value is -3.72. The van der Waals surface area contributed by atoms with Gasteiger partial charge in [-0.25, -0.2) is 4.98 Å². The number of nitrogens with one attached hydrogen (secondary N) is 3. The Morgan fingerprint density at radius 3 is 2.79 bits per heavy atom. The fourth-order valence-electron chi connectivity index (χ4n) is 3.51. The predicted molar refractivity (Wildman–Crippen MR) is 131 cm³/mol. The van der Waals surface area contributed by atoms with Gasteiger partial charge >= 0.3 is 0 Å². The highest BCUT2D eigenvalue weighted by molar-refractivity contribution is 9.10. The molecule has 1 amide bonds. The number of amides is 1. The molecule has 6 N–H and O–H groups in total. The standard InChI is InChI=1S/C24H23BrN6O2/c25-18-12-14(4-7-21(32)29-10-8-16-3-1-2-9-28-16)11-17(22(18)33)24-30-19-6-5-15(23(26)27)13-20(19)31-24/h1-3,5-6,9,11-13,33H,4,7-8,10H2,(H3,26,27)(H,29,32)(H,30,31). The van der Waals surface area contributed by atoms with E-state index in [4.69, 9.17) is 11.1 Å². The minimum absolute atomic E-state index is 0.0288. The van der Waals surface area contributed by atoms with E-state index in [1.807, 2.05) is 24.3 Å². The molecule has 0 aliphatic heterocycles. The zero-order valence-electron chi connectivity index (χ0n) is 17.7. The summed E-state index contributed by atoms with van der Waals surface area (Å²) in [5.74, 6) is 0.478. The van der Waals surface area contributed by atoms with Gasteiger partial charge in [-0.05, 0) is 70.4 Å². The van der Waals surface area contributed by atoms with Crippen LogP contribution >= 0.6 is 15.9 Å². The summed E-state index contributed by atoms with van der Waals surface area (Å²) in [6.07, 6.45) is 3.25. The number of pyridine rings is 1. The average Bonchev–Trinajstić information content (AvgIpc) is 3.23. The minimum atomic E-state index is -0.0443. The van der Waals surface area contributed by atoms with E-state index in [-0.39, 0.29) is 17.5 Å². The molecular weight excluding hydrogens is 484 g/mol. The lowest BCUT2D eigenvalue weighted by Crippen LogP contribution is -2.26. The second-order valence-electron chi connectivity index (χ2n) is 7.63. The number of aromatic nitrogens is 3. The summed E-state index contributed by atoms with van der Waals surface area (Å²) in [7, 11) is 0. The zero-order chi connectivity index (χ0) is 23.4. The summed E-state index contributed by atoms with van der Waals surface area (Å²) in [4.78, 5) is 24.3. The van der Waals surface area contributed by atoms with E-state index in [1.165, 1.54) is 0 Å². The normalized spacial score (nSPS) is 10.9. The molecule has 0 spiro atoms. The van der Waals surface area contributed by atoms with Crippen LogP contribution in [0.4, 0.5) is 0 Å². The Morgan fingerprint density at radius 1 is 1.18 bits per heavy atom. The van der Waals surface area contributed by atoms with Crippen molar-refractivity contribution in [2.24, 2.45) is 5.73 Å². The first kappa shape index (κ1) is 22.5. The number of imidazole rings is 1. The summed E-state index contributed by atoms with van der Waals surface area (Å²) in [5.41, 5.74) is 9.92. The molecule has 4 aromatic rings. The van der Waals surface area contributed by atoms with Crippen LogP contribution in [0.15, 0.2) is 59.2 Å². The van der Waals surface area contributed by atoms with E-state index in [9.17, 15) is 9.90 Å². The number of phenolic OH excluding ortho intramolecular Hbond substituents is 1. The number of hydrogen-bond acceptors (Lipinski definition) is 5. The number of phenols is 1. The topological polar surface area (TPSA) is 141 Å². The number of aromatic hydroxyl groups is 1. The van der Waals surface area contributed by atoms with Gasteiger partial charge in [0.1, 0.15) is 17.4 Å². The van der Waals surface area contributed by atoms with Gasteiger partial charge in [-0.2, -0.15) is 0 Å². The highest BCUT2D eigenvalue weighted by atomic mass is 79.9. The van der Waals surface area contributed by atoms with Crippen LogP contribution < -0.4 is 11.1 Å². The predicted octanol–water partition coefficient (Wildman–Crippen LogP) is 3.67. The summed E-state index contributed by atoms with van der Waals surface area (Å²) in [6.45, 7) is 0.529. The van der Waals surface area contributed by atoms with Gasteiger partial charge in [0, 0.05) is 36.8 Å². The third-order valence-corrected chi connectivity index (χ3v) is 5.85. The van der Waals surface area contributed by atoms with E-state index in [1.54, 1.807) is 30.5 Å². The number of carbonyl (C=O) groups is 1. The number of hydrogen-bond donors (Lipinski definition) is 5. The van der Waals surface area contributed by atoms with Crippen molar-refractivity contribution in [1.82, 2.24) is 20.3 Å². The smallest absolute Gasteiger partial charge is 0.220 e. The van der Waals surface area contributed by atoms with Gasteiger partial charge in [-0.1, -0.05) is 6.07 Å². The number of H-pyrrole nitrogens is 1. The number of nitrogen functional groups attached to an aromatic ring is 1. The quantitative estimate of drug-likeness (QED) is 0.183. The maximum atomic E-state index is 12.3. The molecule has 4 rings (SSSR count). The third-order valence-electron chi connectivity index (χ3n) is 5.24. The number of fused-ring (bicyclic) bond motifs is 1. The number of benzene rings is 2. The third kappa shape index (κ3) is 5.38. The lowest BCUT2D eigenvalue weighted by molar-refractivity contribution is -0.121. The van der Waals surface area contributed by atoms with Gasteiger partial charge in [0.15, 0.2) is 0 Å². The molecule has 0 unspecified atom stereocenters. The van der Waals surface area contributed by atoms with E-state index in [0.717, 1.165) is 11.3 Å². The molecule has 0 saturated heterocycles. The molecule has 9 heteroatoms. The lowest BCUT2D eigenvalue weighted by Gasteiger charge is -2.09. The first-order valence-corrected chi connectivity index (χ1v) is 11.2.